The van der Waals surface area contributed by atoms with Gasteiger partial charge in [-0.15, -0.1) is 0 Å². The fourth-order valence-corrected chi connectivity index (χ4v) is 0.949. The van der Waals surface area contributed by atoms with Crippen LogP contribution in [0.25, 0.3) is 5.78 Å². The molecule has 0 bridgehead atoms. The van der Waals surface area contributed by atoms with Crippen molar-refractivity contribution in [3.8, 4) is 5.88 Å². The Balaban J connectivity index is 0.00000112. The van der Waals surface area contributed by atoms with Crippen molar-refractivity contribution in [1.29, 1.82) is 0 Å². The number of hydrogen-bond acceptors (Lipinski definition) is 7. The Morgan fingerprint density at radius 3 is 2.67 bits per heavy atom. The summed E-state index contributed by atoms with van der Waals surface area (Å²) in [7, 11) is 0. The fourth-order valence-electron chi connectivity index (χ4n) is 0.949. The average Bonchev–Trinajstić information content (AvgIpc) is 2.46. The van der Waals surface area contributed by atoms with Crippen LogP contribution in [0.4, 0.5) is 5.82 Å². The normalized spacial score (nSPS) is 9.93. The van der Waals surface area contributed by atoms with Gasteiger partial charge in [-0.1, -0.05) is 0 Å². The summed E-state index contributed by atoms with van der Waals surface area (Å²) in [5.74, 6) is -1.53. The van der Waals surface area contributed by atoms with E-state index in [1.807, 2.05) is 0 Å². The SMILES string of the molecule is Cc1nc2nnc([N+](=O)[O-])c([O-])n2n1.[Na+]. The van der Waals surface area contributed by atoms with Crippen LogP contribution in [-0.2, 0) is 0 Å². The van der Waals surface area contributed by atoms with E-state index in [0.717, 1.165) is 4.52 Å². The molecule has 0 atom stereocenters. The summed E-state index contributed by atoms with van der Waals surface area (Å²) in [6, 6.07) is 0. The van der Waals surface area contributed by atoms with Crippen molar-refractivity contribution in [1.82, 2.24) is 24.8 Å². The molecular formula is C5H3N6NaO3. The summed E-state index contributed by atoms with van der Waals surface area (Å²) >= 11 is 0. The van der Waals surface area contributed by atoms with Crippen LogP contribution < -0.4 is 34.7 Å². The van der Waals surface area contributed by atoms with Crippen molar-refractivity contribution >= 4 is 11.6 Å². The van der Waals surface area contributed by atoms with E-state index in [9.17, 15) is 15.2 Å². The molecule has 2 rings (SSSR count). The third-order valence-corrected chi connectivity index (χ3v) is 1.49. The molecular weight excluding hydrogens is 215 g/mol. The van der Waals surface area contributed by atoms with Gasteiger partial charge >= 0.3 is 35.4 Å². The van der Waals surface area contributed by atoms with E-state index in [2.05, 4.69) is 20.3 Å². The van der Waals surface area contributed by atoms with Crippen LogP contribution in [0.5, 0.6) is 5.88 Å². The molecule has 0 aliphatic heterocycles. The molecule has 0 radical (unpaired) electrons. The summed E-state index contributed by atoms with van der Waals surface area (Å²) in [4.78, 5) is 13.1. The van der Waals surface area contributed by atoms with Crippen molar-refractivity contribution in [2.45, 2.75) is 6.92 Å². The molecule has 72 valence electrons. The molecule has 0 aliphatic carbocycles. The summed E-state index contributed by atoms with van der Waals surface area (Å²) < 4.78 is 0.750. The van der Waals surface area contributed by atoms with Gasteiger partial charge in [-0.05, 0) is 11.8 Å². The maximum absolute atomic E-state index is 11.3. The molecule has 2 aromatic heterocycles. The standard InChI is InChI=1S/C5H4N6O3.Na/c1-2-6-5-8-7-3(11(13)14)4(12)10(5)9-2;/h12H,1H3;/q;+1/p-1. The molecule has 0 unspecified atom stereocenters. The van der Waals surface area contributed by atoms with E-state index in [4.69, 9.17) is 0 Å². The van der Waals surface area contributed by atoms with Gasteiger partial charge in [0.1, 0.15) is 5.82 Å². The number of hydrogen-bond donors (Lipinski definition) is 0. The summed E-state index contributed by atoms with van der Waals surface area (Å²) in [6.07, 6.45) is 0. The third-order valence-electron chi connectivity index (χ3n) is 1.49. The zero-order chi connectivity index (χ0) is 10.3. The number of fused-ring (bicyclic) bond motifs is 1. The largest absolute Gasteiger partial charge is 1.00 e. The van der Waals surface area contributed by atoms with Crippen LogP contribution >= 0.6 is 0 Å². The molecule has 0 saturated heterocycles. The summed E-state index contributed by atoms with van der Waals surface area (Å²) in [6.45, 7) is 1.54. The average molecular weight is 218 g/mol. The quantitative estimate of drug-likeness (QED) is 0.270. The van der Waals surface area contributed by atoms with E-state index in [-0.39, 0.29) is 35.3 Å². The van der Waals surface area contributed by atoms with Crippen LogP contribution in [0, 0.1) is 17.0 Å². The first-order chi connectivity index (χ1) is 6.59. The Hall–Kier alpha value is -1.32. The number of nitro groups is 1. The molecule has 0 spiro atoms. The zero-order valence-electron chi connectivity index (χ0n) is 7.91. The van der Waals surface area contributed by atoms with Crippen LogP contribution in [0.3, 0.4) is 0 Å². The van der Waals surface area contributed by atoms with Gasteiger partial charge < -0.3 is 15.2 Å². The zero-order valence-corrected chi connectivity index (χ0v) is 9.91. The topological polar surface area (TPSA) is 122 Å². The Labute approximate surface area is 105 Å². The van der Waals surface area contributed by atoms with E-state index >= 15 is 0 Å². The van der Waals surface area contributed by atoms with Crippen molar-refractivity contribution in [2.24, 2.45) is 0 Å². The predicted molar refractivity (Wildman–Crippen MR) is 39.4 cm³/mol. The molecule has 0 amide bonds. The van der Waals surface area contributed by atoms with Crippen LogP contribution in [-0.4, -0.2) is 29.7 Å². The van der Waals surface area contributed by atoms with Gasteiger partial charge in [0.2, 0.25) is 0 Å². The maximum atomic E-state index is 11.3. The van der Waals surface area contributed by atoms with Crippen LogP contribution in [0.1, 0.15) is 5.82 Å². The first-order valence-corrected chi connectivity index (χ1v) is 3.51. The van der Waals surface area contributed by atoms with E-state index < -0.39 is 16.6 Å². The minimum atomic E-state index is -0.930. The second-order valence-electron chi connectivity index (χ2n) is 2.46. The molecule has 2 heterocycles. The monoisotopic (exact) mass is 218 g/mol. The van der Waals surface area contributed by atoms with Gasteiger partial charge in [-0.25, -0.2) is 4.52 Å². The van der Waals surface area contributed by atoms with Crippen LogP contribution in [0.15, 0.2) is 0 Å². The van der Waals surface area contributed by atoms with Gasteiger partial charge in [-0.3, -0.25) is 0 Å². The van der Waals surface area contributed by atoms with Crippen LogP contribution in [0.2, 0.25) is 0 Å². The molecule has 9 nitrogen and oxygen atoms in total. The Morgan fingerprint density at radius 2 is 2.07 bits per heavy atom. The first-order valence-electron chi connectivity index (χ1n) is 3.51. The van der Waals surface area contributed by atoms with Gasteiger partial charge in [-0.2, -0.15) is 10.1 Å². The molecule has 2 aromatic rings. The molecule has 0 aromatic carbocycles. The molecule has 0 saturated carbocycles. The summed E-state index contributed by atoms with van der Waals surface area (Å²) in [5.41, 5.74) is 0. The predicted octanol–water partition coefficient (Wildman–Crippen LogP) is -4.19. The maximum Gasteiger partial charge on any atom is 1.00 e. The van der Waals surface area contributed by atoms with Gasteiger partial charge in [0.25, 0.3) is 5.78 Å². The summed E-state index contributed by atoms with van der Waals surface area (Å²) in [5, 5.41) is 31.8. The molecule has 10 heteroatoms. The molecule has 15 heavy (non-hydrogen) atoms. The molecule has 0 fully saturated rings. The van der Waals surface area contributed by atoms with Gasteiger partial charge in [0.15, 0.2) is 0 Å². The number of rotatable bonds is 1. The van der Waals surface area contributed by atoms with Gasteiger partial charge in [0.05, 0.1) is 11.0 Å². The smallest absolute Gasteiger partial charge is 0.853 e. The minimum absolute atomic E-state index is 0. The minimum Gasteiger partial charge on any atom is -0.853 e. The molecule has 0 N–H and O–H groups in total. The fraction of sp³-hybridized carbons (Fsp3) is 0.200. The van der Waals surface area contributed by atoms with E-state index in [0.29, 0.717) is 5.82 Å². The van der Waals surface area contributed by atoms with E-state index in [1.165, 1.54) is 0 Å². The Bertz CT molecular complexity index is 525. The second kappa shape index (κ2) is 4.04. The molecule has 0 aliphatic rings. The first kappa shape index (κ1) is 11.8. The van der Waals surface area contributed by atoms with E-state index in [1.54, 1.807) is 6.92 Å². The second-order valence-corrected chi connectivity index (χ2v) is 2.46. The Kier molecular flexibility index (Phi) is 3.17. The number of aromatic nitrogens is 5. The van der Waals surface area contributed by atoms with Gasteiger partial charge in [0, 0.05) is 5.10 Å². The van der Waals surface area contributed by atoms with Crippen molar-refractivity contribution < 1.29 is 39.6 Å². The van der Waals surface area contributed by atoms with Crippen molar-refractivity contribution in [3.05, 3.63) is 15.9 Å². The number of nitrogens with zero attached hydrogens (tertiary/aromatic N) is 6. The van der Waals surface area contributed by atoms with Crippen molar-refractivity contribution in [2.75, 3.05) is 0 Å². The Morgan fingerprint density at radius 1 is 1.40 bits per heavy atom. The van der Waals surface area contributed by atoms with Crippen molar-refractivity contribution in [3.63, 3.8) is 0 Å². The number of aryl methyl sites for hydroxylation is 1. The third kappa shape index (κ3) is 1.89.